The highest BCUT2D eigenvalue weighted by molar-refractivity contribution is 7.89. The summed E-state index contributed by atoms with van der Waals surface area (Å²) >= 11 is 1.35. The molecule has 1 aromatic heterocycles. The van der Waals surface area contributed by atoms with Crippen LogP contribution in [0.25, 0.3) is 0 Å². The number of piperazine rings is 1. The fourth-order valence-corrected chi connectivity index (χ4v) is 4.99. The standard InChI is InChI=1S/C18H19FN2O4S2/c19-14-3-5-15(6-4-14)27(24,25)21-11-9-20(10-12-21)18(23)8-7-16(22)17-2-1-13-26-17/h1-6,13H,7-12H2. The molecule has 9 heteroatoms. The maximum absolute atomic E-state index is 13.0. The van der Waals surface area contributed by atoms with E-state index in [-0.39, 0.29) is 55.6 Å². The number of benzene rings is 1. The van der Waals surface area contributed by atoms with Crippen LogP contribution in [0.15, 0.2) is 46.7 Å². The summed E-state index contributed by atoms with van der Waals surface area (Å²) in [5.74, 6) is -0.712. The summed E-state index contributed by atoms with van der Waals surface area (Å²) in [7, 11) is -3.71. The van der Waals surface area contributed by atoms with Gasteiger partial charge in [-0.15, -0.1) is 11.3 Å². The van der Waals surface area contributed by atoms with E-state index in [1.807, 2.05) is 5.38 Å². The first-order valence-electron chi connectivity index (χ1n) is 8.48. The first-order valence-corrected chi connectivity index (χ1v) is 10.8. The van der Waals surface area contributed by atoms with Crippen LogP contribution in [-0.4, -0.2) is 55.5 Å². The van der Waals surface area contributed by atoms with Crippen LogP contribution >= 0.6 is 11.3 Å². The Kier molecular flexibility index (Phi) is 6.03. The van der Waals surface area contributed by atoms with Gasteiger partial charge in [0.25, 0.3) is 0 Å². The van der Waals surface area contributed by atoms with Crippen molar-refractivity contribution in [2.45, 2.75) is 17.7 Å². The molecule has 27 heavy (non-hydrogen) atoms. The van der Waals surface area contributed by atoms with Crippen molar-refractivity contribution < 1.29 is 22.4 Å². The fraction of sp³-hybridized carbons (Fsp3) is 0.333. The summed E-state index contributed by atoms with van der Waals surface area (Å²) in [6.45, 7) is 0.882. The molecule has 0 unspecified atom stereocenters. The summed E-state index contributed by atoms with van der Waals surface area (Å²) in [5.41, 5.74) is 0. The molecule has 0 bridgehead atoms. The summed E-state index contributed by atoms with van der Waals surface area (Å²) in [4.78, 5) is 26.5. The van der Waals surface area contributed by atoms with Crippen molar-refractivity contribution in [3.05, 3.63) is 52.5 Å². The van der Waals surface area contributed by atoms with Gasteiger partial charge in [0.05, 0.1) is 9.77 Å². The van der Waals surface area contributed by atoms with E-state index in [0.29, 0.717) is 4.88 Å². The van der Waals surface area contributed by atoms with E-state index in [0.717, 1.165) is 12.1 Å². The molecule has 0 saturated carbocycles. The third-order valence-electron chi connectivity index (χ3n) is 4.40. The van der Waals surface area contributed by atoms with Crippen molar-refractivity contribution in [3.8, 4) is 0 Å². The highest BCUT2D eigenvalue weighted by Crippen LogP contribution is 2.19. The van der Waals surface area contributed by atoms with Crippen molar-refractivity contribution in [2.75, 3.05) is 26.2 Å². The van der Waals surface area contributed by atoms with E-state index >= 15 is 0 Å². The third kappa shape index (κ3) is 4.60. The number of ketones is 1. The fourth-order valence-electron chi connectivity index (χ4n) is 2.87. The number of hydrogen-bond donors (Lipinski definition) is 0. The van der Waals surface area contributed by atoms with Crippen molar-refractivity contribution in [1.29, 1.82) is 0 Å². The number of thiophene rings is 1. The topological polar surface area (TPSA) is 74.8 Å². The lowest BCUT2D eigenvalue weighted by Gasteiger charge is -2.34. The first-order chi connectivity index (χ1) is 12.9. The van der Waals surface area contributed by atoms with Gasteiger partial charge in [0, 0.05) is 39.0 Å². The van der Waals surface area contributed by atoms with Crippen LogP contribution in [0.5, 0.6) is 0 Å². The zero-order valence-corrected chi connectivity index (χ0v) is 16.1. The molecule has 0 spiro atoms. The molecule has 1 aromatic carbocycles. The van der Waals surface area contributed by atoms with E-state index in [4.69, 9.17) is 0 Å². The van der Waals surface area contributed by atoms with Crippen molar-refractivity contribution in [2.24, 2.45) is 0 Å². The maximum atomic E-state index is 13.0. The monoisotopic (exact) mass is 410 g/mol. The molecular formula is C18H19FN2O4S2. The Morgan fingerprint density at radius 2 is 1.67 bits per heavy atom. The SMILES string of the molecule is O=C(CCC(=O)N1CCN(S(=O)(=O)c2ccc(F)cc2)CC1)c1cccs1. The molecule has 0 atom stereocenters. The van der Waals surface area contributed by atoms with Gasteiger partial charge in [-0.25, -0.2) is 12.8 Å². The van der Waals surface area contributed by atoms with Crippen molar-refractivity contribution in [3.63, 3.8) is 0 Å². The van der Waals surface area contributed by atoms with E-state index in [1.165, 1.54) is 27.8 Å². The first kappa shape index (κ1) is 19.7. The smallest absolute Gasteiger partial charge is 0.243 e. The molecule has 0 radical (unpaired) electrons. The second-order valence-electron chi connectivity index (χ2n) is 6.14. The van der Waals surface area contributed by atoms with E-state index in [1.54, 1.807) is 17.0 Å². The number of nitrogens with zero attached hydrogens (tertiary/aromatic N) is 2. The van der Waals surface area contributed by atoms with Gasteiger partial charge in [-0.2, -0.15) is 4.31 Å². The highest BCUT2D eigenvalue weighted by atomic mass is 32.2. The molecule has 2 heterocycles. The minimum absolute atomic E-state index is 0.0326. The molecule has 1 fully saturated rings. The van der Waals surface area contributed by atoms with Crippen LogP contribution < -0.4 is 0 Å². The summed E-state index contributed by atoms with van der Waals surface area (Å²) in [6.07, 6.45) is 0.259. The number of Topliss-reactive ketones (excluding diaryl/α,β-unsaturated/α-hetero) is 1. The van der Waals surface area contributed by atoms with Gasteiger partial charge in [-0.05, 0) is 35.7 Å². The Balaban J connectivity index is 1.53. The molecule has 1 amide bonds. The molecule has 6 nitrogen and oxygen atoms in total. The molecule has 1 saturated heterocycles. The number of carbonyl (C=O) groups is 2. The molecule has 2 aromatic rings. The van der Waals surface area contributed by atoms with Gasteiger partial charge in [-0.3, -0.25) is 9.59 Å². The van der Waals surface area contributed by atoms with Crippen LogP contribution in [-0.2, 0) is 14.8 Å². The van der Waals surface area contributed by atoms with Gasteiger partial charge in [-0.1, -0.05) is 6.07 Å². The lowest BCUT2D eigenvalue weighted by Crippen LogP contribution is -2.50. The van der Waals surface area contributed by atoms with Gasteiger partial charge in [0.15, 0.2) is 5.78 Å². The molecular weight excluding hydrogens is 391 g/mol. The average molecular weight is 410 g/mol. The predicted molar refractivity (Wildman–Crippen MR) is 99.6 cm³/mol. The van der Waals surface area contributed by atoms with Crippen LogP contribution in [0.4, 0.5) is 4.39 Å². The van der Waals surface area contributed by atoms with Crippen molar-refractivity contribution >= 4 is 33.1 Å². The highest BCUT2D eigenvalue weighted by Gasteiger charge is 2.30. The van der Waals surface area contributed by atoms with Crippen LogP contribution in [0, 0.1) is 5.82 Å². The Bertz CT molecular complexity index is 903. The number of hydrogen-bond acceptors (Lipinski definition) is 5. The van der Waals surface area contributed by atoms with Crippen LogP contribution in [0.1, 0.15) is 22.5 Å². The summed E-state index contributed by atoms with van der Waals surface area (Å²) in [5, 5.41) is 1.82. The Morgan fingerprint density at radius 3 is 2.26 bits per heavy atom. The summed E-state index contributed by atoms with van der Waals surface area (Å²) in [6, 6.07) is 8.21. The Hall–Kier alpha value is -2.10. The zero-order chi connectivity index (χ0) is 19.4. The second kappa shape index (κ2) is 8.28. The van der Waals surface area contributed by atoms with Crippen LogP contribution in [0.3, 0.4) is 0 Å². The molecule has 3 rings (SSSR count). The van der Waals surface area contributed by atoms with Crippen molar-refractivity contribution in [1.82, 2.24) is 9.21 Å². The number of sulfonamides is 1. The molecule has 0 aliphatic carbocycles. The van der Waals surface area contributed by atoms with E-state index in [9.17, 15) is 22.4 Å². The minimum Gasteiger partial charge on any atom is -0.340 e. The lowest BCUT2D eigenvalue weighted by atomic mass is 10.1. The zero-order valence-electron chi connectivity index (χ0n) is 14.5. The van der Waals surface area contributed by atoms with Gasteiger partial charge in [0.1, 0.15) is 5.82 Å². The normalized spacial score (nSPS) is 15.7. The molecule has 0 N–H and O–H groups in total. The van der Waals surface area contributed by atoms with Gasteiger partial charge < -0.3 is 4.90 Å². The Morgan fingerprint density at radius 1 is 1.00 bits per heavy atom. The largest absolute Gasteiger partial charge is 0.340 e. The average Bonchev–Trinajstić information content (AvgIpc) is 3.21. The van der Waals surface area contributed by atoms with Crippen LogP contribution in [0.2, 0.25) is 0 Å². The van der Waals surface area contributed by atoms with E-state index < -0.39 is 15.8 Å². The number of carbonyl (C=O) groups excluding carboxylic acids is 2. The predicted octanol–water partition coefficient (Wildman–Crippen LogP) is 2.38. The number of halogens is 1. The maximum Gasteiger partial charge on any atom is 0.243 e. The van der Waals surface area contributed by atoms with Gasteiger partial charge in [0.2, 0.25) is 15.9 Å². The lowest BCUT2D eigenvalue weighted by molar-refractivity contribution is -0.132. The van der Waals surface area contributed by atoms with E-state index in [2.05, 4.69) is 0 Å². The molecule has 1 aliphatic heterocycles. The number of rotatable bonds is 6. The third-order valence-corrected chi connectivity index (χ3v) is 7.23. The number of amides is 1. The minimum atomic E-state index is -3.71. The summed E-state index contributed by atoms with van der Waals surface area (Å²) < 4.78 is 39.4. The van der Waals surface area contributed by atoms with Gasteiger partial charge >= 0.3 is 0 Å². The second-order valence-corrected chi connectivity index (χ2v) is 9.02. The molecule has 1 aliphatic rings. The Labute approximate surface area is 161 Å². The quantitative estimate of drug-likeness (QED) is 0.686. The molecule has 144 valence electrons.